The fraction of sp³-hybridized carbons (Fsp3) is 0.667. The van der Waals surface area contributed by atoms with E-state index in [-0.39, 0.29) is 11.0 Å². The van der Waals surface area contributed by atoms with Crippen LogP contribution in [0.25, 0.3) is 0 Å². The second-order valence-corrected chi connectivity index (χ2v) is 7.94. The molecule has 0 aromatic heterocycles. The SMILES string of the molecule is Cc1cc(C)c(NC(C)(C)CC(C)(C)CCCl)c(C)c1. The van der Waals surface area contributed by atoms with Crippen LogP contribution in [0.3, 0.4) is 0 Å². The number of rotatable bonds is 6. The van der Waals surface area contributed by atoms with Crippen LogP contribution in [-0.4, -0.2) is 11.4 Å². The minimum Gasteiger partial charge on any atom is -0.380 e. The van der Waals surface area contributed by atoms with Gasteiger partial charge >= 0.3 is 0 Å². The fourth-order valence-corrected chi connectivity index (χ4v) is 3.81. The molecular formula is C18H30ClN. The zero-order valence-electron chi connectivity index (χ0n) is 14.2. The van der Waals surface area contributed by atoms with E-state index >= 15 is 0 Å². The van der Waals surface area contributed by atoms with Crippen molar-refractivity contribution >= 4 is 17.3 Å². The molecule has 0 fully saturated rings. The van der Waals surface area contributed by atoms with Crippen molar-refractivity contribution in [1.82, 2.24) is 0 Å². The van der Waals surface area contributed by atoms with Crippen molar-refractivity contribution < 1.29 is 0 Å². The number of benzene rings is 1. The number of hydrogen-bond donors (Lipinski definition) is 1. The molecule has 0 atom stereocenters. The van der Waals surface area contributed by atoms with Gasteiger partial charge in [0.1, 0.15) is 0 Å². The smallest absolute Gasteiger partial charge is 0.0403 e. The monoisotopic (exact) mass is 295 g/mol. The third kappa shape index (κ3) is 5.01. The van der Waals surface area contributed by atoms with Gasteiger partial charge in [0.15, 0.2) is 0 Å². The summed E-state index contributed by atoms with van der Waals surface area (Å²) in [6.07, 6.45) is 2.14. The average molecular weight is 296 g/mol. The lowest BCUT2D eigenvalue weighted by molar-refractivity contribution is 0.265. The number of alkyl halides is 1. The van der Waals surface area contributed by atoms with Gasteiger partial charge in [0.25, 0.3) is 0 Å². The highest BCUT2D eigenvalue weighted by molar-refractivity contribution is 6.17. The van der Waals surface area contributed by atoms with Crippen molar-refractivity contribution in [3.05, 3.63) is 28.8 Å². The van der Waals surface area contributed by atoms with Crippen LogP contribution in [0.1, 0.15) is 57.2 Å². The Morgan fingerprint density at radius 2 is 1.50 bits per heavy atom. The van der Waals surface area contributed by atoms with Crippen LogP contribution < -0.4 is 5.32 Å². The maximum atomic E-state index is 5.92. The van der Waals surface area contributed by atoms with E-state index in [4.69, 9.17) is 11.6 Å². The first-order valence-electron chi connectivity index (χ1n) is 7.48. The van der Waals surface area contributed by atoms with Crippen molar-refractivity contribution in [3.63, 3.8) is 0 Å². The predicted molar refractivity (Wildman–Crippen MR) is 92.1 cm³/mol. The molecular weight excluding hydrogens is 266 g/mol. The third-order valence-corrected chi connectivity index (χ3v) is 4.02. The van der Waals surface area contributed by atoms with E-state index in [1.165, 1.54) is 22.4 Å². The summed E-state index contributed by atoms with van der Waals surface area (Å²) in [6, 6.07) is 4.49. The van der Waals surface area contributed by atoms with Crippen LogP contribution in [0.15, 0.2) is 12.1 Å². The summed E-state index contributed by atoms with van der Waals surface area (Å²) in [5.41, 5.74) is 5.56. The molecule has 0 aliphatic carbocycles. The Bertz CT molecular complexity index is 437. The number of halogens is 1. The molecule has 114 valence electrons. The quantitative estimate of drug-likeness (QED) is 0.649. The molecule has 1 aromatic carbocycles. The second-order valence-electron chi connectivity index (χ2n) is 7.56. The molecule has 20 heavy (non-hydrogen) atoms. The van der Waals surface area contributed by atoms with Gasteiger partial charge in [-0.15, -0.1) is 11.6 Å². The molecule has 2 heteroatoms. The van der Waals surface area contributed by atoms with Crippen molar-refractivity contribution in [1.29, 1.82) is 0 Å². The lowest BCUT2D eigenvalue weighted by atomic mass is 9.78. The maximum absolute atomic E-state index is 5.92. The first kappa shape index (κ1) is 17.4. The van der Waals surface area contributed by atoms with Crippen LogP contribution in [0, 0.1) is 26.2 Å². The fourth-order valence-electron chi connectivity index (χ4n) is 3.30. The molecule has 0 heterocycles. The van der Waals surface area contributed by atoms with Crippen LogP contribution in [0.5, 0.6) is 0 Å². The normalized spacial score (nSPS) is 12.6. The van der Waals surface area contributed by atoms with E-state index in [0.717, 1.165) is 18.7 Å². The standard InChI is InChI=1S/C18H30ClN/c1-13-10-14(2)16(15(3)11-13)20-18(6,7)12-17(4,5)8-9-19/h10-11,20H,8-9,12H2,1-7H3. The van der Waals surface area contributed by atoms with Crippen LogP contribution >= 0.6 is 11.6 Å². The van der Waals surface area contributed by atoms with E-state index in [0.29, 0.717) is 0 Å². The largest absolute Gasteiger partial charge is 0.380 e. The van der Waals surface area contributed by atoms with Crippen LogP contribution in [-0.2, 0) is 0 Å². The Morgan fingerprint density at radius 3 is 1.95 bits per heavy atom. The first-order valence-corrected chi connectivity index (χ1v) is 8.02. The van der Waals surface area contributed by atoms with Crippen molar-refractivity contribution in [2.45, 2.75) is 66.8 Å². The molecule has 1 N–H and O–H groups in total. The molecule has 0 radical (unpaired) electrons. The summed E-state index contributed by atoms with van der Waals surface area (Å²) in [4.78, 5) is 0. The van der Waals surface area contributed by atoms with Gasteiger partial charge in [-0.05, 0) is 64.0 Å². The lowest BCUT2D eigenvalue weighted by Crippen LogP contribution is -2.37. The summed E-state index contributed by atoms with van der Waals surface area (Å²) < 4.78 is 0. The molecule has 0 unspecified atom stereocenters. The van der Waals surface area contributed by atoms with Gasteiger partial charge in [0.2, 0.25) is 0 Å². The Balaban J connectivity index is 2.91. The summed E-state index contributed by atoms with van der Waals surface area (Å²) in [5, 5.41) is 3.75. The highest BCUT2D eigenvalue weighted by Crippen LogP contribution is 2.35. The van der Waals surface area contributed by atoms with E-state index in [1.807, 2.05) is 0 Å². The third-order valence-electron chi connectivity index (χ3n) is 3.83. The summed E-state index contributed by atoms with van der Waals surface area (Å²) >= 11 is 5.92. The molecule has 0 aliphatic rings. The number of nitrogens with one attached hydrogen (secondary N) is 1. The van der Waals surface area contributed by atoms with E-state index in [2.05, 4.69) is 65.9 Å². The highest BCUT2D eigenvalue weighted by Gasteiger charge is 2.29. The van der Waals surface area contributed by atoms with Gasteiger partial charge in [0, 0.05) is 17.1 Å². The molecule has 0 bridgehead atoms. The van der Waals surface area contributed by atoms with Gasteiger partial charge in [-0.3, -0.25) is 0 Å². The van der Waals surface area contributed by atoms with Gasteiger partial charge in [-0.25, -0.2) is 0 Å². The minimum absolute atomic E-state index is 0.0559. The Morgan fingerprint density at radius 1 is 1.00 bits per heavy atom. The molecule has 1 aromatic rings. The summed E-state index contributed by atoms with van der Waals surface area (Å²) in [5.74, 6) is 0.728. The highest BCUT2D eigenvalue weighted by atomic mass is 35.5. The van der Waals surface area contributed by atoms with E-state index in [9.17, 15) is 0 Å². The topological polar surface area (TPSA) is 12.0 Å². The lowest BCUT2D eigenvalue weighted by Gasteiger charge is -2.37. The van der Waals surface area contributed by atoms with Gasteiger partial charge in [-0.1, -0.05) is 31.5 Å². The predicted octanol–water partition coefficient (Wildman–Crippen LogP) is 5.85. The second kappa shape index (κ2) is 6.39. The number of aryl methyl sites for hydroxylation is 3. The molecule has 0 saturated carbocycles. The van der Waals surface area contributed by atoms with Crippen LogP contribution in [0.2, 0.25) is 0 Å². The molecule has 0 saturated heterocycles. The summed E-state index contributed by atoms with van der Waals surface area (Å²) in [6.45, 7) is 15.7. The van der Waals surface area contributed by atoms with Crippen molar-refractivity contribution in [2.24, 2.45) is 5.41 Å². The van der Waals surface area contributed by atoms with Gasteiger partial charge < -0.3 is 5.32 Å². The molecule has 1 rings (SSSR count). The zero-order chi connectivity index (χ0) is 15.6. The minimum atomic E-state index is 0.0559. The van der Waals surface area contributed by atoms with Crippen molar-refractivity contribution in [3.8, 4) is 0 Å². The molecule has 1 nitrogen and oxygen atoms in total. The maximum Gasteiger partial charge on any atom is 0.0403 e. The Hall–Kier alpha value is -0.690. The van der Waals surface area contributed by atoms with E-state index in [1.54, 1.807) is 0 Å². The Labute approximate surface area is 130 Å². The van der Waals surface area contributed by atoms with E-state index < -0.39 is 0 Å². The van der Waals surface area contributed by atoms with Gasteiger partial charge in [0.05, 0.1) is 0 Å². The molecule has 0 spiro atoms. The van der Waals surface area contributed by atoms with Crippen molar-refractivity contribution in [2.75, 3.05) is 11.2 Å². The number of anilines is 1. The first-order chi connectivity index (χ1) is 9.06. The summed E-state index contributed by atoms with van der Waals surface area (Å²) in [7, 11) is 0. The molecule has 0 aliphatic heterocycles. The average Bonchev–Trinajstić information content (AvgIpc) is 2.21. The zero-order valence-corrected chi connectivity index (χ0v) is 14.9. The van der Waals surface area contributed by atoms with Crippen LogP contribution in [0.4, 0.5) is 5.69 Å². The van der Waals surface area contributed by atoms with Gasteiger partial charge in [-0.2, -0.15) is 0 Å². The number of hydrogen-bond acceptors (Lipinski definition) is 1. The molecule has 0 amide bonds. The Kier molecular flexibility index (Phi) is 5.54.